The Morgan fingerprint density at radius 1 is 1.37 bits per heavy atom. The minimum Gasteiger partial charge on any atom is -0.397 e. The van der Waals surface area contributed by atoms with Gasteiger partial charge in [-0.05, 0) is 44.9 Å². The maximum absolute atomic E-state index is 12.6. The third kappa shape index (κ3) is 3.04. The number of anilines is 1. The van der Waals surface area contributed by atoms with Crippen molar-refractivity contribution in [3.05, 3.63) is 22.7 Å². The van der Waals surface area contributed by atoms with Crippen LogP contribution < -0.4 is 5.73 Å². The zero-order valence-electron chi connectivity index (χ0n) is 12.0. The molecular formula is C13H21ClN2O2S. The molecule has 0 saturated heterocycles. The summed E-state index contributed by atoms with van der Waals surface area (Å²) in [6, 6.07) is 3.01. The summed E-state index contributed by atoms with van der Waals surface area (Å²) in [7, 11) is -2.00. The SMILES string of the molecule is CCC(C)(C)N(C)S(=O)(=O)c1cc(N)c(Cl)cc1C. The van der Waals surface area contributed by atoms with Crippen molar-refractivity contribution in [3.63, 3.8) is 0 Å². The molecule has 0 amide bonds. The first kappa shape index (κ1) is 16.3. The fourth-order valence-electron chi connectivity index (χ4n) is 1.64. The Balaban J connectivity index is 3.40. The maximum atomic E-state index is 12.6. The summed E-state index contributed by atoms with van der Waals surface area (Å²) in [6.45, 7) is 7.44. The normalized spacial score (nSPS) is 13.0. The van der Waals surface area contributed by atoms with Gasteiger partial charge in [0, 0.05) is 12.6 Å². The van der Waals surface area contributed by atoms with Crippen LogP contribution in [0, 0.1) is 6.92 Å². The summed E-state index contributed by atoms with van der Waals surface area (Å²) in [5, 5.41) is 0.369. The van der Waals surface area contributed by atoms with Gasteiger partial charge in [-0.1, -0.05) is 18.5 Å². The zero-order chi connectivity index (χ0) is 15.0. The fraction of sp³-hybridized carbons (Fsp3) is 0.538. The topological polar surface area (TPSA) is 63.4 Å². The van der Waals surface area contributed by atoms with E-state index in [0.29, 0.717) is 17.0 Å². The summed E-state index contributed by atoms with van der Waals surface area (Å²) in [4.78, 5) is 0.207. The van der Waals surface area contributed by atoms with Crippen molar-refractivity contribution >= 4 is 27.3 Å². The lowest BCUT2D eigenvalue weighted by Crippen LogP contribution is -2.44. The molecule has 0 radical (unpaired) electrons. The lowest BCUT2D eigenvalue weighted by molar-refractivity contribution is 0.257. The summed E-state index contributed by atoms with van der Waals surface area (Å²) >= 11 is 5.90. The predicted octanol–water partition coefficient (Wildman–Crippen LogP) is 3.04. The first-order valence-electron chi connectivity index (χ1n) is 6.08. The van der Waals surface area contributed by atoms with Gasteiger partial charge in [-0.2, -0.15) is 4.31 Å². The van der Waals surface area contributed by atoms with Crippen molar-refractivity contribution in [1.82, 2.24) is 4.31 Å². The van der Waals surface area contributed by atoms with Crippen LogP contribution >= 0.6 is 11.6 Å². The van der Waals surface area contributed by atoms with E-state index in [4.69, 9.17) is 17.3 Å². The van der Waals surface area contributed by atoms with Gasteiger partial charge in [0.2, 0.25) is 10.0 Å². The van der Waals surface area contributed by atoms with E-state index in [1.165, 1.54) is 10.4 Å². The van der Waals surface area contributed by atoms with E-state index in [2.05, 4.69) is 0 Å². The second kappa shape index (κ2) is 5.31. The van der Waals surface area contributed by atoms with E-state index < -0.39 is 15.6 Å². The number of sulfonamides is 1. The molecule has 1 aromatic rings. The van der Waals surface area contributed by atoms with Crippen LogP contribution in [-0.4, -0.2) is 25.3 Å². The number of aryl methyl sites for hydroxylation is 1. The van der Waals surface area contributed by atoms with Crippen molar-refractivity contribution in [2.24, 2.45) is 0 Å². The molecule has 0 atom stereocenters. The van der Waals surface area contributed by atoms with Crippen LogP contribution in [0.4, 0.5) is 5.69 Å². The minimum absolute atomic E-state index is 0.207. The van der Waals surface area contributed by atoms with Crippen molar-refractivity contribution in [2.45, 2.75) is 44.6 Å². The highest BCUT2D eigenvalue weighted by Gasteiger charge is 2.33. The maximum Gasteiger partial charge on any atom is 0.243 e. The molecule has 108 valence electrons. The Bertz CT molecular complexity index is 583. The minimum atomic E-state index is -3.58. The number of nitrogens with zero attached hydrogens (tertiary/aromatic N) is 1. The summed E-state index contributed by atoms with van der Waals surface area (Å²) in [5.41, 5.74) is 6.12. The van der Waals surface area contributed by atoms with Gasteiger partial charge in [0.15, 0.2) is 0 Å². The highest BCUT2D eigenvalue weighted by atomic mass is 35.5. The Labute approximate surface area is 120 Å². The molecule has 0 spiro atoms. The molecule has 0 aromatic heterocycles. The van der Waals surface area contributed by atoms with Gasteiger partial charge in [-0.25, -0.2) is 8.42 Å². The molecule has 0 aliphatic rings. The van der Waals surface area contributed by atoms with E-state index in [9.17, 15) is 8.42 Å². The molecule has 6 heteroatoms. The van der Waals surface area contributed by atoms with E-state index in [-0.39, 0.29) is 10.6 Å². The molecule has 1 rings (SSSR count). The molecule has 0 aliphatic carbocycles. The predicted molar refractivity (Wildman–Crippen MR) is 79.9 cm³/mol. The van der Waals surface area contributed by atoms with Crippen LogP contribution in [0.3, 0.4) is 0 Å². The molecule has 0 heterocycles. The zero-order valence-corrected chi connectivity index (χ0v) is 13.6. The fourth-order valence-corrected chi connectivity index (χ4v) is 3.68. The van der Waals surface area contributed by atoms with Crippen molar-refractivity contribution in [2.75, 3.05) is 12.8 Å². The number of benzene rings is 1. The molecule has 0 fully saturated rings. The van der Waals surface area contributed by atoms with Crippen LogP contribution in [0.2, 0.25) is 5.02 Å². The molecule has 4 nitrogen and oxygen atoms in total. The molecular weight excluding hydrogens is 284 g/mol. The number of halogens is 1. The van der Waals surface area contributed by atoms with Gasteiger partial charge in [0.25, 0.3) is 0 Å². The number of hydrogen-bond donors (Lipinski definition) is 1. The second-order valence-corrected chi connectivity index (χ2v) is 7.62. The summed E-state index contributed by atoms with van der Waals surface area (Å²) in [5.74, 6) is 0. The number of nitrogens with two attached hydrogens (primary N) is 1. The lowest BCUT2D eigenvalue weighted by atomic mass is 10.0. The van der Waals surface area contributed by atoms with E-state index >= 15 is 0 Å². The molecule has 0 saturated carbocycles. The number of rotatable bonds is 4. The molecule has 1 aromatic carbocycles. The van der Waals surface area contributed by atoms with Gasteiger partial charge >= 0.3 is 0 Å². The van der Waals surface area contributed by atoms with Crippen LogP contribution in [-0.2, 0) is 10.0 Å². The van der Waals surface area contributed by atoms with Crippen LogP contribution in [0.15, 0.2) is 17.0 Å². The standard InChI is InChI=1S/C13H21ClN2O2S/c1-6-13(3,4)16(5)19(17,18)12-8-11(15)10(14)7-9(12)2/h7-8H,6,15H2,1-5H3. The van der Waals surface area contributed by atoms with Crippen LogP contribution in [0.25, 0.3) is 0 Å². The summed E-state index contributed by atoms with van der Waals surface area (Å²) in [6.07, 6.45) is 0.713. The van der Waals surface area contributed by atoms with Gasteiger partial charge in [0.1, 0.15) is 0 Å². The number of hydrogen-bond acceptors (Lipinski definition) is 3. The summed E-state index contributed by atoms with van der Waals surface area (Å²) < 4.78 is 26.7. The third-order valence-electron chi connectivity index (χ3n) is 3.65. The Morgan fingerprint density at radius 3 is 2.37 bits per heavy atom. The van der Waals surface area contributed by atoms with Crippen molar-refractivity contribution < 1.29 is 8.42 Å². The van der Waals surface area contributed by atoms with E-state index in [0.717, 1.165) is 0 Å². The largest absolute Gasteiger partial charge is 0.397 e. The average Bonchev–Trinajstić information content (AvgIpc) is 2.32. The highest BCUT2D eigenvalue weighted by molar-refractivity contribution is 7.89. The third-order valence-corrected chi connectivity index (χ3v) is 6.19. The van der Waals surface area contributed by atoms with Crippen LogP contribution in [0.5, 0.6) is 0 Å². The Morgan fingerprint density at radius 2 is 1.89 bits per heavy atom. The van der Waals surface area contributed by atoms with Gasteiger partial charge in [-0.3, -0.25) is 0 Å². The van der Waals surface area contributed by atoms with Crippen LogP contribution in [0.1, 0.15) is 32.8 Å². The second-order valence-electron chi connectivity index (χ2n) is 5.28. The van der Waals surface area contributed by atoms with E-state index in [1.54, 1.807) is 20.0 Å². The molecule has 2 N–H and O–H groups in total. The first-order valence-corrected chi connectivity index (χ1v) is 7.90. The average molecular weight is 305 g/mol. The van der Waals surface area contributed by atoms with Gasteiger partial charge in [0.05, 0.1) is 15.6 Å². The lowest BCUT2D eigenvalue weighted by Gasteiger charge is -2.34. The quantitative estimate of drug-likeness (QED) is 0.870. The molecule has 0 unspecified atom stereocenters. The number of nitrogen functional groups attached to an aromatic ring is 1. The highest BCUT2D eigenvalue weighted by Crippen LogP contribution is 2.31. The molecule has 19 heavy (non-hydrogen) atoms. The first-order chi connectivity index (χ1) is 8.54. The van der Waals surface area contributed by atoms with Crippen molar-refractivity contribution in [1.29, 1.82) is 0 Å². The van der Waals surface area contributed by atoms with E-state index in [1.807, 2.05) is 20.8 Å². The Hall–Kier alpha value is -0.780. The van der Waals surface area contributed by atoms with Crippen molar-refractivity contribution in [3.8, 4) is 0 Å². The van der Waals surface area contributed by atoms with Gasteiger partial charge in [-0.15, -0.1) is 0 Å². The molecule has 0 aliphatic heterocycles. The smallest absolute Gasteiger partial charge is 0.243 e. The monoisotopic (exact) mass is 304 g/mol. The van der Waals surface area contributed by atoms with Gasteiger partial charge < -0.3 is 5.73 Å². The Kier molecular flexibility index (Phi) is 4.55. The molecule has 0 bridgehead atoms.